The second-order valence-corrected chi connectivity index (χ2v) is 8.57. The summed E-state index contributed by atoms with van der Waals surface area (Å²) in [4.78, 5) is 6.86. The molecule has 2 heterocycles. The zero-order chi connectivity index (χ0) is 22.1. The van der Waals surface area contributed by atoms with Crippen LogP contribution in [0.5, 0.6) is 11.5 Å². The molecule has 31 heavy (non-hydrogen) atoms. The SMILES string of the molecule is O=S(=O)([O-])c1ccc(O)c2ncccc12.O=S(=O)([O-])c1ccc(O)c2ncccc12.[Zn]. The van der Waals surface area contributed by atoms with Crippen molar-refractivity contribution in [2.45, 2.75) is 9.79 Å². The molecule has 0 amide bonds. The second-order valence-electron chi connectivity index (χ2n) is 5.87. The first-order valence-corrected chi connectivity index (χ1v) is 10.9. The summed E-state index contributed by atoms with van der Waals surface area (Å²) in [6.07, 6.45) is 2.81. The second kappa shape index (κ2) is 9.20. The molecule has 0 unspecified atom stereocenters. The summed E-state index contributed by atoms with van der Waals surface area (Å²) in [5, 5.41) is 19.1. The van der Waals surface area contributed by atoms with Crippen LogP contribution >= 0.6 is 0 Å². The summed E-state index contributed by atoms with van der Waals surface area (Å²) < 4.78 is 65.4. The van der Waals surface area contributed by atoms with E-state index >= 15 is 0 Å². The molecule has 0 radical (unpaired) electrons. The number of nitrogens with zero attached hydrogens (tertiary/aromatic N) is 2. The van der Waals surface area contributed by atoms with Crippen molar-refractivity contribution in [1.29, 1.82) is 0 Å². The normalized spacial score (nSPS) is 11.4. The van der Waals surface area contributed by atoms with Crippen molar-refractivity contribution < 1.29 is 55.6 Å². The van der Waals surface area contributed by atoms with Crippen molar-refractivity contribution in [2.24, 2.45) is 0 Å². The van der Waals surface area contributed by atoms with Crippen LogP contribution in [0.1, 0.15) is 0 Å². The summed E-state index contributed by atoms with van der Waals surface area (Å²) in [5.41, 5.74) is 0.212. The molecule has 2 N–H and O–H groups in total. The van der Waals surface area contributed by atoms with Crippen LogP contribution in [0.3, 0.4) is 0 Å². The largest absolute Gasteiger partial charge is 0.744 e. The van der Waals surface area contributed by atoms with E-state index in [4.69, 9.17) is 0 Å². The Labute approximate surface area is 189 Å². The van der Waals surface area contributed by atoms with E-state index in [-0.39, 0.29) is 62.6 Å². The molecule has 0 bridgehead atoms. The smallest absolute Gasteiger partial charge is 0.141 e. The van der Waals surface area contributed by atoms with E-state index < -0.39 is 20.2 Å². The third-order valence-electron chi connectivity index (χ3n) is 3.96. The van der Waals surface area contributed by atoms with Gasteiger partial charge in [-0.25, -0.2) is 16.8 Å². The first kappa shape index (κ1) is 24.6. The van der Waals surface area contributed by atoms with Crippen molar-refractivity contribution in [3.8, 4) is 11.5 Å². The summed E-state index contributed by atoms with van der Waals surface area (Å²) in [6.45, 7) is 0. The van der Waals surface area contributed by atoms with Gasteiger partial charge in [-0.1, -0.05) is 0 Å². The molecule has 0 saturated heterocycles. The number of phenolic OH excluding ortho intramolecular Hbond substituents is 2. The van der Waals surface area contributed by atoms with E-state index in [0.29, 0.717) is 0 Å². The average molecular weight is 514 g/mol. The van der Waals surface area contributed by atoms with Crippen LogP contribution < -0.4 is 0 Å². The minimum absolute atomic E-state index is 0. The predicted octanol–water partition coefficient (Wildman–Crippen LogP) is 1.69. The number of fused-ring (bicyclic) bond motifs is 2. The minimum atomic E-state index is -4.55. The molecule has 158 valence electrons. The van der Waals surface area contributed by atoms with Gasteiger partial charge in [0.05, 0.1) is 9.79 Å². The molecular weight excluding hydrogens is 502 g/mol. The number of hydrogen-bond acceptors (Lipinski definition) is 10. The number of hydrogen-bond donors (Lipinski definition) is 2. The standard InChI is InChI=1S/2C9H7NO4S.Zn/c2*11-7-3-4-8(15(12,13)14)6-2-1-5-10-9(6)7;/h2*1-5,11H,(H,12,13,14);/p-2. The average Bonchev–Trinajstić information content (AvgIpc) is 2.67. The number of aromatic nitrogens is 2. The third-order valence-corrected chi connectivity index (χ3v) is 5.74. The van der Waals surface area contributed by atoms with Crippen LogP contribution in [0.4, 0.5) is 0 Å². The van der Waals surface area contributed by atoms with Crippen LogP contribution in [-0.4, -0.2) is 46.1 Å². The molecule has 10 nitrogen and oxygen atoms in total. The van der Waals surface area contributed by atoms with E-state index in [1.807, 2.05) is 0 Å². The molecule has 0 atom stereocenters. The number of rotatable bonds is 2. The Hall–Kier alpha value is -2.70. The van der Waals surface area contributed by atoms with Crippen molar-refractivity contribution in [2.75, 3.05) is 0 Å². The van der Waals surface area contributed by atoms with Crippen molar-refractivity contribution >= 4 is 42.0 Å². The van der Waals surface area contributed by atoms with Crippen LogP contribution in [0.2, 0.25) is 0 Å². The fraction of sp³-hybridized carbons (Fsp3) is 0. The molecule has 0 aliphatic rings. The van der Waals surface area contributed by atoms with Gasteiger partial charge < -0.3 is 19.3 Å². The predicted molar refractivity (Wildman–Crippen MR) is 103 cm³/mol. The van der Waals surface area contributed by atoms with Gasteiger partial charge in [-0.05, 0) is 48.5 Å². The molecule has 13 heteroatoms. The van der Waals surface area contributed by atoms with Crippen LogP contribution in [-0.2, 0) is 39.7 Å². The van der Waals surface area contributed by atoms with Crippen LogP contribution in [0, 0.1) is 0 Å². The molecule has 0 saturated carbocycles. The topological polar surface area (TPSA) is 181 Å². The summed E-state index contributed by atoms with van der Waals surface area (Å²) in [5.74, 6) is -0.309. The zero-order valence-corrected chi connectivity index (χ0v) is 20.1. The maximum Gasteiger partial charge on any atom is 0.141 e. The summed E-state index contributed by atoms with van der Waals surface area (Å²) >= 11 is 0. The maximum absolute atomic E-state index is 10.9. The summed E-state index contributed by atoms with van der Waals surface area (Å²) in [6, 6.07) is 10.3. The van der Waals surface area contributed by atoms with Gasteiger partial charge in [-0.2, -0.15) is 0 Å². The Balaban J connectivity index is 0.000000213. The van der Waals surface area contributed by atoms with Gasteiger partial charge in [-0.15, -0.1) is 0 Å². The van der Waals surface area contributed by atoms with Crippen molar-refractivity contribution in [1.82, 2.24) is 9.97 Å². The van der Waals surface area contributed by atoms with Gasteiger partial charge in [-0.3, -0.25) is 9.97 Å². The number of phenols is 2. The minimum Gasteiger partial charge on any atom is -0.744 e. The monoisotopic (exact) mass is 512 g/mol. The van der Waals surface area contributed by atoms with Gasteiger partial charge in [0.2, 0.25) is 0 Å². The third kappa shape index (κ3) is 5.32. The Bertz CT molecular complexity index is 1360. The van der Waals surface area contributed by atoms with Crippen molar-refractivity contribution in [3.63, 3.8) is 0 Å². The number of benzene rings is 2. The van der Waals surface area contributed by atoms with E-state index in [1.165, 1.54) is 36.7 Å². The maximum atomic E-state index is 10.9. The van der Waals surface area contributed by atoms with Crippen molar-refractivity contribution in [3.05, 3.63) is 60.9 Å². The Morgan fingerprint density at radius 1 is 0.645 bits per heavy atom. The number of aromatic hydroxyl groups is 2. The van der Waals surface area contributed by atoms with Gasteiger partial charge in [0.25, 0.3) is 0 Å². The van der Waals surface area contributed by atoms with E-state index in [1.54, 1.807) is 0 Å². The van der Waals surface area contributed by atoms with Gasteiger partial charge >= 0.3 is 0 Å². The molecular formula is C18H12N2O8S2Zn-2. The first-order chi connectivity index (χ1) is 14.0. The van der Waals surface area contributed by atoms with Crippen LogP contribution in [0.15, 0.2) is 70.7 Å². The Morgan fingerprint density at radius 2 is 1.00 bits per heavy atom. The van der Waals surface area contributed by atoms with E-state index in [0.717, 1.165) is 24.3 Å². The quantitative estimate of drug-likeness (QED) is 0.295. The van der Waals surface area contributed by atoms with Gasteiger partial charge in [0.15, 0.2) is 0 Å². The molecule has 4 aromatic rings. The van der Waals surface area contributed by atoms with E-state index in [9.17, 15) is 36.2 Å². The summed E-state index contributed by atoms with van der Waals surface area (Å²) in [7, 11) is -9.09. The fourth-order valence-electron chi connectivity index (χ4n) is 2.70. The Kier molecular flexibility index (Phi) is 7.30. The van der Waals surface area contributed by atoms with Gasteiger partial charge in [0.1, 0.15) is 42.8 Å². The molecule has 4 rings (SSSR count). The molecule has 2 aromatic heterocycles. The molecule has 0 spiro atoms. The fourth-order valence-corrected chi connectivity index (χ4v) is 4.04. The molecule has 0 aliphatic heterocycles. The Morgan fingerprint density at radius 3 is 1.32 bits per heavy atom. The first-order valence-electron chi connectivity index (χ1n) is 8.05. The molecule has 2 aromatic carbocycles. The number of pyridine rings is 2. The zero-order valence-electron chi connectivity index (χ0n) is 15.5. The molecule has 0 fully saturated rings. The van der Waals surface area contributed by atoms with E-state index in [2.05, 4.69) is 9.97 Å². The van der Waals surface area contributed by atoms with Gasteiger partial charge in [0, 0.05) is 42.6 Å². The van der Waals surface area contributed by atoms with Crippen LogP contribution in [0.25, 0.3) is 21.8 Å². The molecule has 0 aliphatic carbocycles.